The van der Waals surface area contributed by atoms with Crippen molar-refractivity contribution < 1.29 is 4.79 Å². The summed E-state index contributed by atoms with van der Waals surface area (Å²) in [5.41, 5.74) is 7.67. The van der Waals surface area contributed by atoms with Crippen LogP contribution >= 0.6 is 11.6 Å². The average molecular weight is 279 g/mol. The number of anilines is 1. The number of likely N-dealkylation sites (N-methyl/N-ethyl adjacent to an activating group) is 1. The lowest BCUT2D eigenvalue weighted by atomic mass is 10.1. The van der Waals surface area contributed by atoms with Gasteiger partial charge in [0.1, 0.15) is 5.52 Å². The number of hydrogen-bond donors (Lipinski definition) is 1. The third-order valence-corrected chi connectivity index (χ3v) is 3.97. The van der Waals surface area contributed by atoms with E-state index in [1.165, 1.54) is 0 Å². The van der Waals surface area contributed by atoms with Gasteiger partial charge >= 0.3 is 0 Å². The number of likely N-dealkylation sites (tertiary alicyclic amines) is 1. The van der Waals surface area contributed by atoms with Crippen LogP contribution in [0.1, 0.15) is 18.9 Å². The van der Waals surface area contributed by atoms with E-state index in [0.29, 0.717) is 23.9 Å². The SMILES string of the molecule is CN1CC(n2c(N)nc3c(Cl)cccc32)CCC1=O. The predicted molar refractivity (Wildman–Crippen MR) is 75.1 cm³/mol. The van der Waals surface area contributed by atoms with Crippen molar-refractivity contribution in [2.75, 3.05) is 19.3 Å². The van der Waals surface area contributed by atoms with E-state index in [2.05, 4.69) is 4.98 Å². The van der Waals surface area contributed by atoms with Crippen LogP contribution in [0.2, 0.25) is 5.02 Å². The van der Waals surface area contributed by atoms with Crippen LogP contribution in [0, 0.1) is 0 Å². The monoisotopic (exact) mass is 278 g/mol. The second-order valence-electron chi connectivity index (χ2n) is 4.91. The van der Waals surface area contributed by atoms with Gasteiger partial charge in [-0.15, -0.1) is 0 Å². The first-order valence-electron chi connectivity index (χ1n) is 6.24. The summed E-state index contributed by atoms with van der Waals surface area (Å²) in [5, 5.41) is 0.600. The zero-order valence-electron chi connectivity index (χ0n) is 10.6. The topological polar surface area (TPSA) is 64.2 Å². The Morgan fingerprint density at radius 1 is 1.47 bits per heavy atom. The summed E-state index contributed by atoms with van der Waals surface area (Å²) in [4.78, 5) is 17.6. The fourth-order valence-corrected chi connectivity index (χ4v) is 2.90. The van der Waals surface area contributed by atoms with Crippen LogP contribution in [-0.4, -0.2) is 34.0 Å². The van der Waals surface area contributed by atoms with Gasteiger partial charge in [0.25, 0.3) is 0 Å². The quantitative estimate of drug-likeness (QED) is 0.868. The van der Waals surface area contributed by atoms with Crippen LogP contribution in [0.25, 0.3) is 11.0 Å². The van der Waals surface area contributed by atoms with Crippen LogP contribution in [0.3, 0.4) is 0 Å². The Morgan fingerprint density at radius 2 is 2.26 bits per heavy atom. The van der Waals surface area contributed by atoms with Crippen molar-refractivity contribution in [3.05, 3.63) is 23.2 Å². The van der Waals surface area contributed by atoms with Crippen LogP contribution in [0.4, 0.5) is 5.95 Å². The summed E-state index contributed by atoms with van der Waals surface area (Å²) in [7, 11) is 1.82. The standard InChI is InChI=1S/C13H15ClN4O/c1-17-7-8(5-6-11(17)19)18-10-4-2-3-9(14)12(10)16-13(18)15/h2-4,8H,5-7H2,1H3,(H2,15,16). The summed E-state index contributed by atoms with van der Waals surface area (Å²) < 4.78 is 1.99. The first-order chi connectivity index (χ1) is 9.08. The van der Waals surface area contributed by atoms with Gasteiger partial charge in [0, 0.05) is 20.0 Å². The number of nitrogens with two attached hydrogens (primary N) is 1. The highest BCUT2D eigenvalue weighted by Crippen LogP contribution is 2.31. The van der Waals surface area contributed by atoms with Gasteiger partial charge in [-0.25, -0.2) is 4.98 Å². The first kappa shape index (κ1) is 12.3. The van der Waals surface area contributed by atoms with Gasteiger partial charge in [0.2, 0.25) is 11.9 Å². The molecule has 19 heavy (non-hydrogen) atoms. The molecule has 1 aliphatic rings. The molecular weight excluding hydrogens is 264 g/mol. The van der Waals surface area contributed by atoms with E-state index in [0.717, 1.165) is 17.5 Å². The number of halogens is 1. The predicted octanol–water partition coefficient (Wildman–Crippen LogP) is 2.07. The van der Waals surface area contributed by atoms with Gasteiger partial charge in [0.15, 0.2) is 0 Å². The molecule has 1 aromatic heterocycles. The Bertz CT molecular complexity index is 651. The Hall–Kier alpha value is -1.75. The second-order valence-corrected chi connectivity index (χ2v) is 5.32. The molecule has 0 radical (unpaired) electrons. The summed E-state index contributed by atoms with van der Waals surface area (Å²) in [6.45, 7) is 0.654. The number of fused-ring (bicyclic) bond motifs is 1. The molecule has 0 saturated carbocycles. The zero-order chi connectivity index (χ0) is 13.6. The largest absolute Gasteiger partial charge is 0.369 e. The number of benzene rings is 1. The smallest absolute Gasteiger partial charge is 0.222 e. The van der Waals surface area contributed by atoms with Crippen molar-refractivity contribution in [1.29, 1.82) is 0 Å². The van der Waals surface area contributed by atoms with Gasteiger partial charge in [-0.1, -0.05) is 17.7 Å². The van der Waals surface area contributed by atoms with Crippen LogP contribution in [0.15, 0.2) is 18.2 Å². The molecule has 2 aromatic rings. The van der Waals surface area contributed by atoms with Gasteiger partial charge in [0.05, 0.1) is 16.6 Å². The molecule has 1 aliphatic heterocycles. The number of aromatic nitrogens is 2. The molecule has 2 N–H and O–H groups in total. The van der Waals surface area contributed by atoms with Gasteiger partial charge < -0.3 is 15.2 Å². The molecule has 0 spiro atoms. The minimum absolute atomic E-state index is 0.158. The number of amides is 1. The molecule has 0 bridgehead atoms. The normalized spacial score (nSPS) is 20.2. The molecule has 1 amide bonds. The highest BCUT2D eigenvalue weighted by Gasteiger charge is 2.27. The van der Waals surface area contributed by atoms with Crippen molar-refractivity contribution in [2.45, 2.75) is 18.9 Å². The number of nitrogens with zero attached hydrogens (tertiary/aromatic N) is 3. The fraction of sp³-hybridized carbons (Fsp3) is 0.385. The number of nitrogen functional groups attached to an aromatic ring is 1. The molecule has 1 aromatic carbocycles. The number of imidazole rings is 1. The van der Waals surface area contributed by atoms with Crippen LogP contribution < -0.4 is 5.73 Å². The summed E-state index contributed by atoms with van der Waals surface area (Å²) in [5.74, 6) is 0.633. The van der Waals surface area contributed by atoms with Crippen molar-refractivity contribution in [1.82, 2.24) is 14.5 Å². The van der Waals surface area contributed by atoms with E-state index < -0.39 is 0 Å². The maximum atomic E-state index is 11.6. The van der Waals surface area contributed by atoms with Gasteiger partial charge in [-0.3, -0.25) is 4.79 Å². The third-order valence-electron chi connectivity index (χ3n) is 3.67. The number of carbonyl (C=O) groups excluding carboxylic acids is 1. The highest BCUT2D eigenvalue weighted by molar-refractivity contribution is 6.35. The second kappa shape index (κ2) is 4.42. The van der Waals surface area contributed by atoms with E-state index in [4.69, 9.17) is 17.3 Å². The fourth-order valence-electron chi connectivity index (χ4n) is 2.69. The van der Waals surface area contributed by atoms with Crippen molar-refractivity contribution in [2.24, 2.45) is 0 Å². The maximum Gasteiger partial charge on any atom is 0.222 e. The summed E-state index contributed by atoms with van der Waals surface area (Å²) in [6, 6.07) is 5.81. The van der Waals surface area contributed by atoms with Gasteiger partial charge in [-0.05, 0) is 18.6 Å². The molecule has 2 heterocycles. The minimum atomic E-state index is 0.158. The maximum absolute atomic E-state index is 11.6. The Labute approximate surface area is 116 Å². The summed E-state index contributed by atoms with van der Waals surface area (Å²) in [6.07, 6.45) is 1.33. The molecule has 6 heteroatoms. The number of piperidine rings is 1. The number of carbonyl (C=O) groups is 1. The zero-order valence-corrected chi connectivity index (χ0v) is 11.4. The average Bonchev–Trinajstić information content (AvgIpc) is 2.71. The molecule has 1 unspecified atom stereocenters. The van der Waals surface area contributed by atoms with Crippen LogP contribution in [-0.2, 0) is 4.79 Å². The molecule has 0 aliphatic carbocycles. The minimum Gasteiger partial charge on any atom is -0.369 e. The van der Waals surface area contributed by atoms with Crippen LogP contribution in [0.5, 0.6) is 0 Å². The number of para-hydroxylation sites is 1. The molecule has 3 rings (SSSR count). The van der Waals surface area contributed by atoms with E-state index in [1.807, 2.05) is 23.7 Å². The molecule has 1 saturated heterocycles. The Morgan fingerprint density at radius 3 is 3.00 bits per heavy atom. The Kier molecular flexibility index (Phi) is 2.86. The molecule has 5 nitrogen and oxygen atoms in total. The Balaban J connectivity index is 2.08. The molecular formula is C13H15ClN4O. The number of hydrogen-bond acceptors (Lipinski definition) is 3. The molecule has 100 valence electrons. The van der Waals surface area contributed by atoms with E-state index in [9.17, 15) is 4.79 Å². The summed E-state index contributed by atoms with van der Waals surface area (Å²) >= 11 is 6.14. The van der Waals surface area contributed by atoms with Crippen molar-refractivity contribution in [3.63, 3.8) is 0 Å². The lowest BCUT2D eigenvalue weighted by molar-refractivity contribution is -0.132. The van der Waals surface area contributed by atoms with Gasteiger partial charge in [-0.2, -0.15) is 0 Å². The van der Waals surface area contributed by atoms with Crippen molar-refractivity contribution in [3.8, 4) is 0 Å². The molecule has 1 atom stereocenters. The van der Waals surface area contributed by atoms with E-state index in [-0.39, 0.29) is 11.9 Å². The third kappa shape index (κ3) is 1.94. The number of rotatable bonds is 1. The lowest BCUT2D eigenvalue weighted by Crippen LogP contribution is -2.38. The first-order valence-corrected chi connectivity index (χ1v) is 6.61. The highest BCUT2D eigenvalue weighted by atomic mass is 35.5. The molecule has 1 fully saturated rings. The van der Waals surface area contributed by atoms with E-state index >= 15 is 0 Å². The lowest BCUT2D eigenvalue weighted by Gasteiger charge is -2.31. The van der Waals surface area contributed by atoms with E-state index in [1.54, 1.807) is 11.0 Å². The van der Waals surface area contributed by atoms with Crippen molar-refractivity contribution >= 4 is 34.5 Å².